The minimum atomic E-state index is -3.49. The van der Waals surface area contributed by atoms with Gasteiger partial charge in [-0.1, -0.05) is 13.8 Å². The summed E-state index contributed by atoms with van der Waals surface area (Å²) in [6.45, 7) is 4.79. The molecule has 0 spiro atoms. The van der Waals surface area contributed by atoms with E-state index in [0.29, 0.717) is 18.2 Å². The first-order valence-corrected chi connectivity index (χ1v) is 10.1. The van der Waals surface area contributed by atoms with Crippen LogP contribution >= 0.6 is 0 Å². The van der Waals surface area contributed by atoms with E-state index in [2.05, 4.69) is 19.2 Å². The molecular weight excluding hydrogens is 298 g/mol. The number of anilines is 1. The molecule has 0 atom stereocenters. The standard InChI is InChI=1S/C13H21NO4S2/c1-10(2)7-8-14-12-6-5-11(19(3,15)16)9-13(12)20(4,17)18/h5-6,9-10,14H,7-8H2,1-4H3. The van der Waals surface area contributed by atoms with E-state index in [4.69, 9.17) is 0 Å². The van der Waals surface area contributed by atoms with Crippen LogP contribution in [0.5, 0.6) is 0 Å². The molecule has 0 aliphatic rings. The largest absolute Gasteiger partial charge is 0.384 e. The first-order chi connectivity index (χ1) is 9.01. The zero-order valence-electron chi connectivity index (χ0n) is 12.2. The predicted octanol–water partition coefficient (Wildman–Crippen LogP) is 1.95. The zero-order chi connectivity index (χ0) is 15.6. The van der Waals surface area contributed by atoms with Crippen molar-refractivity contribution in [1.29, 1.82) is 0 Å². The third-order valence-electron chi connectivity index (χ3n) is 2.82. The van der Waals surface area contributed by atoms with Gasteiger partial charge in [-0.25, -0.2) is 16.8 Å². The van der Waals surface area contributed by atoms with Crippen molar-refractivity contribution in [3.05, 3.63) is 18.2 Å². The van der Waals surface area contributed by atoms with Crippen LogP contribution in [0.25, 0.3) is 0 Å². The molecule has 0 aliphatic carbocycles. The lowest BCUT2D eigenvalue weighted by molar-refractivity contribution is 0.599. The lowest BCUT2D eigenvalue weighted by Gasteiger charge is -2.13. The Morgan fingerprint density at radius 2 is 1.65 bits per heavy atom. The molecule has 0 amide bonds. The number of rotatable bonds is 6. The van der Waals surface area contributed by atoms with Gasteiger partial charge >= 0.3 is 0 Å². The Balaban J connectivity index is 3.19. The van der Waals surface area contributed by atoms with Crippen LogP contribution in [-0.4, -0.2) is 35.9 Å². The smallest absolute Gasteiger partial charge is 0.177 e. The number of hydrogen-bond acceptors (Lipinski definition) is 5. The van der Waals surface area contributed by atoms with E-state index in [1.807, 2.05) is 0 Å². The summed E-state index contributed by atoms with van der Waals surface area (Å²) in [5.74, 6) is 0.500. The fourth-order valence-corrected chi connectivity index (χ4v) is 3.28. The number of benzene rings is 1. The molecule has 1 aromatic carbocycles. The molecule has 0 radical (unpaired) electrons. The lowest BCUT2D eigenvalue weighted by Crippen LogP contribution is -2.10. The summed E-state index contributed by atoms with van der Waals surface area (Å²) in [6, 6.07) is 4.14. The van der Waals surface area contributed by atoms with Gasteiger partial charge < -0.3 is 5.32 Å². The number of sulfone groups is 2. The van der Waals surface area contributed by atoms with Gasteiger partial charge in [-0.15, -0.1) is 0 Å². The van der Waals surface area contributed by atoms with Crippen LogP contribution in [0.3, 0.4) is 0 Å². The van der Waals surface area contributed by atoms with Crippen molar-refractivity contribution in [3.63, 3.8) is 0 Å². The highest BCUT2D eigenvalue weighted by Gasteiger charge is 2.17. The Kier molecular flexibility index (Phi) is 5.21. The van der Waals surface area contributed by atoms with Crippen LogP contribution in [0.2, 0.25) is 0 Å². The maximum atomic E-state index is 11.8. The summed E-state index contributed by atoms with van der Waals surface area (Å²) >= 11 is 0. The third kappa shape index (κ3) is 4.79. The summed E-state index contributed by atoms with van der Waals surface area (Å²) in [6.07, 6.45) is 3.03. The van der Waals surface area contributed by atoms with Crippen molar-refractivity contribution in [2.75, 3.05) is 24.4 Å². The van der Waals surface area contributed by atoms with Crippen LogP contribution in [0.4, 0.5) is 5.69 Å². The minimum Gasteiger partial charge on any atom is -0.384 e. The highest BCUT2D eigenvalue weighted by molar-refractivity contribution is 7.91. The third-order valence-corrected chi connectivity index (χ3v) is 5.06. The van der Waals surface area contributed by atoms with Gasteiger partial charge in [-0.05, 0) is 30.5 Å². The van der Waals surface area contributed by atoms with Crippen LogP contribution in [-0.2, 0) is 19.7 Å². The van der Waals surface area contributed by atoms with Gasteiger partial charge in [0.05, 0.1) is 15.5 Å². The molecular formula is C13H21NO4S2. The van der Waals surface area contributed by atoms with Crippen molar-refractivity contribution >= 4 is 25.4 Å². The molecule has 20 heavy (non-hydrogen) atoms. The highest BCUT2D eigenvalue weighted by atomic mass is 32.2. The minimum absolute atomic E-state index is 0.00679. The Labute approximate surface area is 121 Å². The first kappa shape index (κ1) is 17.0. The first-order valence-electron chi connectivity index (χ1n) is 6.30. The molecule has 114 valence electrons. The Morgan fingerprint density at radius 3 is 2.10 bits per heavy atom. The molecule has 0 heterocycles. The molecule has 5 nitrogen and oxygen atoms in total. The van der Waals surface area contributed by atoms with Crippen LogP contribution in [0, 0.1) is 5.92 Å². The van der Waals surface area contributed by atoms with Crippen molar-refractivity contribution < 1.29 is 16.8 Å². The normalized spacial score (nSPS) is 12.7. The molecule has 1 N–H and O–H groups in total. The van der Waals surface area contributed by atoms with Crippen molar-refractivity contribution in [1.82, 2.24) is 0 Å². The number of nitrogens with one attached hydrogen (secondary N) is 1. The molecule has 0 fully saturated rings. The lowest BCUT2D eigenvalue weighted by atomic mass is 10.1. The number of hydrogen-bond donors (Lipinski definition) is 1. The fourth-order valence-electron chi connectivity index (χ4n) is 1.68. The maximum Gasteiger partial charge on any atom is 0.177 e. The Bertz CT molecular complexity index is 676. The second-order valence-electron chi connectivity index (χ2n) is 5.31. The monoisotopic (exact) mass is 319 g/mol. The fraction of sp³-hybridized carbons (Fsp3) is 0.538. The summed E-state index contributed by atoms with van der Waals surface area (Å²) in [5, 5.41) is 3.06. The van der Waals surface area contributed by atoms with Gasteiger partial charge in [-0.2, -0.15) is 0 Å². The molecule has 0 unspecified atom stereocenters. The van der Waals surface area contributed by atoms with Gasteiger partial charge in [0, 0.05) is 19.1 Å². The predicted molar refractivity (Wildman–Crippen MR) is 80.6 cm³/mol. The maximum absolute atomic E-state index is 11.8. The molecule has 0 aliphatic heterocycles. The quantitative estimate of drug-likeness (QED) is 0.867. The molecule has 1 rings (SSSR count). The highest BCUT2D eigenvalue weighted by Crippen LogP contribution is 2.25. The van der Waals surface area contributed by atoms with Gasteiger partial charge in [-0.3, -0.25) is 0 Å². The van der Waals surface area contributed by atoms with Crippen LogP contribution in [0.15, 0.2) is 28.0 Å². The van der Waals surface area contributed by atoms with E-state index in [0.717, 1.165) is 18.9 Å². The van der Waals surface area contributed by atoms with Gasteiger partial charge in [0.15, 0.2) is 19.7 Å². The molecule has 0 saturated carbocycles. The zero-order valence-corrected chi connectivity index (χ0v) is 13.8. The van der Waals surface area contributed by atoms with E-state index < -0.39 is 19.7 Å². The molecule has 7 heteroatoms. The van der Waals surface area contributed by atoms with Crippen molar-refractivity contribution in [2.45, 2.75) is 30.1 Å². The second kappa shape index (κ2) is 6.13. The summed E-state index contributed by atoms with van der Waals surface area (Å²) in [7, 11) is -6.92. The Morgan fingerprint density at radius 1 is 1.05 bits per heavy atom. The van der Waals surface area contributed by atoms with Crippen molar-refractivity contribution in [2.24, 2.45) is 5.92 Å². The molecule has 0 bridgehead atoms. The average molecular weight is 319 g/mol. The van der Waals surface area contributed by atoms with Crippen LogP contribution < -0.4 is 5.32 Å². The SMILES string of the molecule is CC(C)CCNc1ccc(S(C)(=O)=O)cc1S(C)(=O)=O. The summed E-state index contributed by atoms with van der Waals surface area (Å²) < 4.78 is 46.6. The van der Waals surface area contributed by atoms with Crippen molar-refractivity contribution in [3.8, 4) is 0 Å². The van der Waals surface area contributed by atoms with E-state index in [1.54, 1.807) is 0 Å². The second-order valence-corrected chi connectivity index (χ2v) is 9.31. The molecule has 0 aromatic heterocycles. The average Bonchev–Trinajstić information content (AvgIpc) is 2.25. The topological polar surface area (TPSA) is 80.3 Å². The van der Waals surface area contributed by atoms with E-state index >= 15 is 0 Å². The van der Waals surface area contributed by atoms with E-state index in [9.17, 15) is 16.8 Å². The Hall–Kier alpha value is -1.08. The van der Waals surface area contributed by atoms with Gasteiger partial charge in [0.2, 0.25) is 0 Å². The van der Waals surface area contributed by atoms with E-state index in [-0.39, 0.29) is 9.79 Å². The van der Waals surface area contributed by atoms with Gasteiger partial charge in [0.25, 0.3) is 0 Å². The molecule has 1 aromatic rings. The summed E-state index contributed by atoms with van der Waals surface area (Å²) in [4.78, 5) is 0.0246. The van der Waals surface area contributed by atoms with Crippen LogP contribution in [0.1, 0.15) is 20.3 Å². The molecule has 0 saturated heterocycles. The van der Waals surface area contributed by atoms with E-state index in [1.165, 1.54) is 18.2 Å². The van der Waals surface area contributed by atoms with Gasteiger partial charge in [0.1, 0.15) is 0 Å². The summed E-state index contributed by atoms with van der Waals surface area (Å²) in [5.41, 5.74) is 0.445.